The third-order valence-corrected chi connectivity index (χ3v) is 5.61. The minimum absolute atomic E-state index is 0.113. The fraction of sp³-hybridized carbons (Fsp3) is 0.250. The minimum Gasteiger partial charge on any atom is -0.447 e. The van der Waals surface area contributed by atoms with Crippen molar-refractivity contribution in [2.24, 2.45) is 0 Å². The SMILES string of the molecule is C=C[C@]1(COCc2ccccc2)OC(=O)[C@H](OCc2ccccc2)[C@@H]1OCc1ccccc1. The van der Waals surface area contributed by atoms with E-state index in [1.807, 2.05) is 91.0 Å². The zero-order valence-corrected chi connectivity index (χ0v) is 18.5. The molecule has 0 saturated carbocycles. The van der Waals surface area contributed by atoms with Crippen LogP contribution in [0.4, 0.5) is 0 Å². The topological polar surface area (TPSA) is 54.0 Å². The number of ether oxygens (including phenoxy) is 4. The van der Waals surface area contributed by atoms with E-state index in [2.05, 4.69) is 6.58 Å². The van der Waals surface area contributed by atoms with Gasteiger partial charge in [-0.2, -0.15) is 0 Å². The molecular formula is C28H28O5. The van der Waals surface area contributed by atoms with Crippen molar-refractivity contribution in [1.82, 2.24) is 0 Å². The second-order valence-corrected chi connectivity index (χ2v) is 7.99. The van der Waals surface area contributed by atoms with E-state index in [4.69, 9.17) is 18.9 Å². The molecule has 5 heteroatoms. The Morgan fingerprint density at radius 3 is 1.76 bits per heavy atom. The largest absolute Gasteiger partial charge is 0.447 e. The van der Waals surface area contributed by atoms with Crippen LogP contribution in [-0.2, 0) is 43.6 Å². The van der Waals surface area contributed by atoms with Gasteiger partial charge >= 0.3 is 5.97 Å². The van der Waals surface area contributed by atoms with Crippen LogP contribution in [0.2, 0.25) is 0 Å². The lowest BCUT2D eigenvalue weighted by atomic mass is 9.95. The van der Waals surface area contributed by atoms with Crippen LogP contribution >= 0.6 is 0 Å². The molecule has 0 bridgehead atoms. The van der Waals surface area contributed by atoms with Crippen LogP contribution in [0.25, 0.3) is 0 Å². The monoisotopic (exact) mass is 444 g/mol. The quantitative estimate of drug-likeness (QED) is 0.312. The fourth-order valence-corrected chi connectivity index (χ4v) is 3.82. The van der Waals surface area contributed by atoms with Gasteiger partial charge in [0.25, 0.3) is 0 Å². The molecule has 0 N–H and O–H groups in total. The molecule has 170 valence electrons. The molecule has 3 atom stereocenters. The summed E-state index contributed by atoms with van der Waals surface area (Å²) in [4.78, 5) is 12.9. The van der Waals surface area contributed by atoms with Crippen molar-refractivity contribution in [1.29, 1.82) is 0 Å². The Morgan fingerprint density at radius 1 is 0.758 bits per heavy atom. The third kappa shape index (κ3) is 5.76. The van der Waals surface area contributed by atoms with Crippen molar-refractivity contribution in [3.8, 4) is 0 Å². The van der Waals surface area contributed by atoms with Crippen LogP contribution in [0.1, 0.15) is 16.7 Å². The van der Waals surface area contributed by atoms with Gasteiger partial charge in [-0.1, -0.05) is 97.6 Å². The van der Waals surface area contributed by atoms with Crippen molar-refractivity contribution in [3.05, 3.63) is 120 Å². The molecule has 1 aliphatic heterocycles. The van der Waals surface area contributed by atoms with E-state index in [0.29, 0.717) is 13.2 Å². The molecule has 0 amide bonds. The summed E-state index contributed by atoms with van der Waals surface area (Å²) < 4.78 is 24.0. The number of hydrogen-bond donors (Lipinski definition) is 0. The summed E-state index contributed by atoms with van der Waals surface area (Å²) in [6.45, 7) is 5.01. The number of benzene rings is 3. The second kappa shape index (κ2) is 11.1. The zero-order valence-electron chi connectivity index (χ0n) is 18.5. The van der Waals surface area contributed by atoms with Gasteiger partial charge in [-0.15, -0.1) is 0 Å². The first-order valence-corrected chi connectivity index (χ1v) is 11.0. The van der Waals surface area contributed by atoms with Crippen molar-refractivity contribution >= 4 is 5.97 Å². The first-order chi connectivity index (χ1) is 16.2. The molecule has 1 saturated heterocycles. The van der Waals surface area contributed by atoms with Gasteiger partial charge in [0.15, 0.2) is 11.7 Å². The lowest BCUT2D eigenvalue weighted by molar-refractivity contribution is -0.156. The van der Waals surface area contributed by atoms with Crippen molar-refractivity contribution in [3.63, 3.8) is 0 Å². The van der Waals surface area contributed by atoms with E-state index in [-0.39, 0.29) is 13.2 Å². The highest BCUT2D eigenvalue weighted by atomic mass is 16.7. The number of esters is 1. The Morgan fingerprint density at radius 2 is 1.24 bits per heavy atom. The van der Waals surface area contributed by atoms with Crippen LogP contribution in [-0.4, -0.2) is 30.4 Å². The van der Waals surface area contributed by atoms with Gasteiger partial charge in [-0.3, -0.25) is 0 Å². The number of cyclic esters (lactones) is 1. The Labute approximate surface area is 194 Å². The average molecular weight is 445 g/mol. The maximum atomic E-state index is 12.9. The molecule has 4 rings (SSSR count). The highest BCUT2D eigenvalue weighted by Crippen LogP contribution is 2.35. The van der Waals surface area contributed by atoms with Crippen LogP contribution in [0.5, 0.6) is 0 Å². The van der Waals surface area contributed by atoms with Crippen molar-refractivity contribution in [2.45, 2.75) is 37.6 Å². The fourth-order valence-electron chi connectivity index (χ4n) is 3.82. The summed E-state index contributed by atoms with van der Waals surface area (Å²) in [6, 6.07) is 29.3. The summed E-state index contributed by atoms with van der Waals surface area (Å²) in [5.41, 5.74) is 1.83. The average Bonchev–Trinajstić information content (AvgIpc) is 3.14. The zero-order chi connectivity index (χ0) is 22.9. The summed E-state index contributed by atoms with van der Waals surface area (Å²) in [7, 11) is 0. The highest BCUT2D eigenvalue weighted by Gasteiger charge is 2.56. The normalized spacial score (nSPS) is 22.1. The van der Waals surface area contributed by atoms with Crippen molar-refractivity contribution in [2.75, 3.05) is 6.61 Å². The summed E-state index contributed by atoms with van der Waals surface area (Å²) in [5.74, 6) is -0.479. The van der Waals surface area contributed by atoms with Gasteiger partial charge in [-0.25, -0.2) is 4.79 Å². The van der Waals surface area contributed by atoms with E-state index in [0.717, 1.165) is 16.7 Å². The summed E-state index contributed by atoms with van der Waals surface area (Å²) in [5, 5.41) is 0. The number of hydrogen-bond acceptors (Lipinski definition) is 5. The molecule has 0 aromatic heterocycles. The lowest BCUT2D eigenvalue weighted by Gasteiger charge is -2.31. The lowest BCUT2D eigenvalue weighted by Crippen LogP contribution is -2.47. The molecular weight excluding hydrogens is 416 g/mol. The molecule has 5 nitrogen and oxygen atoms in total. The molecule has 0 aliphatic carbocycles. The number of carbonyl (C=O) groups is 1. The predicted octanol–water partition coefficient (Wildman–Crippen LogP) is 4.86. The first-order valence-electron chi connectivity index (χ1n) is 11.0. The van der Waals surface area contributed by atoms with Crippen LogP contribution in [0, 0.1) is 0 Å². The predicted molar refractivity (Wildman–Crippen MR) is 125 cm³/mol. The standard InChI is InChI=1S/C28H28O5/c1-2-28(21-30-18-22-12-6-3-7-13-22)26(32-20-24-16-10-5-11-17-24)25(27(29)33-28)31-19-23-14-8-4-9-15-23/h2-17,25-26H,1,18-21H2/t25-,26+,28-/m1/s1. The minimum atomic E-state index is -1.15. The van der Waals surface area contributed by atoms with Gasteiger partial charge in [0.05, 0.1) is 26.4 Å². The van der Waals surface area contributed by atoms with Crippen LogP contribution in [0.3, 0.4) is 0 Å². The van der Waals surface area contributed by atoms with E-state index in [1.54, 1.807) is 6.08 Å². The summed E-state index contributed by atoms with van der Waals surface area (Å²) in [6.07, 6.45) is -0.00770. The van der Waals surface area contributed by atoms with Gasteiger partial charge in [0.2, 0.25) is 0 Å². The molecule has 3 aromatic rings. The highest BCUT2D eigenvalue weighted by molar-refractivity contribution is 5.79. The Balaban J connectivity index is 1.50. The van der Waals surface area contributed by atoms with Gasteiger partial charge in [-0.05, 0) is 22.8 Å². The maximum Gasteiger partial charge on any atom is 0.339 e. The van der Waals surface area contributed by atoms with Crippen molar-refractivity contribution < 1.29 is 23.7 Å². The number of rotatable bonds is 11. The van der Waals surface area contributed by atoms with Gasteiger partial charge in [0, 0.05) is 0 Å². The number of carbonyl (C=O) groups excluding carboxylic acids is 1. The summed E-state index contributed by atoms with van der Waals surface area (Å²) >= 11 is 0. The Bertz CT molecular complexity index is 1020. The Kier molecular flexibility index (Phi) is 7.68. The van der Waals surface area contributed by atoms with Gasteiger partial charge < -0.3 is 18.9 Å². The van der Waals surface area contributed by atoms with Crippen LogP contribution < -0.4 is 0 Å². The van der Waals surface area contributed by atoms with Crippen LogP contribution in [0.15, 0.2) is 104 Å². The van der Waals surface area contributed by atoms with E-state index >= 15 is 0 Å². The van der Waals surface area contributed by atoms with E-state index < -0.39 is 23.8 Å². The molecule has 0 unspecified atom stereocenters. The molecule has 0 spiro atoms. The third-order valence-electron chi connectivity index (χ3n) is 5.61. The van der Waals surface area contributed by atoms with E-state index in [9.17, 15) is 4.79 Å². The molecule has 1 fully saturated rings. The second-order valence-electron chi connectivity index (χ2n) is 7.99. The molecule has 33 heavy (non-hydrogen) atoms. The maximum absolute atomic E-state index is 12.9. The molecule has 0 radical (unpaired) electrons. The van der Waals surface area contributed by atoms with Gasteiger partial charge in [0.1, 0.15) is 6.10 Å². The molecule has 3 aromatic carbocycles. The smallest absolute Gasteiger partial charge is 0.339 e. The van der Waals surface area contributed by atoms with E-state index in [1.165, 1.54) is 0 Å². The molecule has 1 heterocycles. The molecule has 1 aliphatic rings. The first kappa shape index (κ1) is 22.9. The Hall–Kier alpha value is -3.25.